The van der Waals surface area contributed by atoms with Crippen molar-refractivity contribution >= 4 is 33.4 Å². The average molecular weight is 386 g/mol. The monoisotopic (exact) mass is 386 g/mol. The average Bonchev–Trinajstić information content (AvgIpc) is 3.17. The van der Waals surface area contributed by atoms with Gasteiger partial charge in [0.15, 0.2) is 0 Å². The second-order valence-electron chi connectivity index (χ2n) is 7.27. The Morgan fingerprint density at radius 2 is 1.86 bits per heavy atom. The molecule has 3 heterocycles. The van der Waals surface area contributed by atoms with E-state index >= 15 is 0 Å². The lowest BCUT2D eigenvalue weighted by atomic mass is 10.1. The number of hydrogen-bond donors (Lipinski definition) is 0. The molecule has 0 amide bonds. The van der Waals surface area contributed by atoms with Gasteiger partial charge in [-0.25, -0.2) is 9.97 Å². The Balaban J connectivity index is 1.48. The van der Waals surface area contributed by atoms with Crippen LogP contribution in [0.15, 0.2) is 54.9 Å². The Hall–Kier alpha value is -3.41. The molecule has 2 aromatic heterocycles. The highest BCUT2D eigenvalue weighted by molar-refractivity contribution is 5.86. The minimum absolute atomic E-state index is 0.356. The zero-order valence-electron chi connectivity index (χ0n) is 16.3. The van der Waals surface area contributed by atoms with Crippen molar-refractivity contribution in [3.05, 3.63) is 54.9 Å². The molecule has 1 fully saturated rings. The number of anilines is 1. The van der Waals surface area contributed by atoms with E-state index in [1.807, 2.05) is 35.8 Å². The maximum atomic E-state index is 11.5. The van der Waals surface area contributed by atoms with Crippen molar-refractivity contribution in [2.45, 2.75) is 19.8 Å². The number of rotatable bonds is 4. The van der Waals surface area contributed by atoms with E-state index in [4.69, 9.17) is 9.72 Å². The molecule has 4 aromatic rings. The third-order valence-electron chi connectivity index (χ3n) is 5.42. The van der Waals surface area contributed by atoms with E-state index in [0.29, 0.717) is 25.2 Å². The summed E-state index contributed by atoms with van der Waals surface area (Å²) in [7, 11) is 0. The lowest BCUT2D eigenvalue weighted by Gasteiger charge is -2.28. The van der Waals surface area contributed by atoms with Gasteiger partial charge in [0, 0.05) is 43.1 Å². The lowest BCUT2D eigenvalue weighted by Crippen LogP contribution is -2.33. The number of Topliss-reactive ketones (excluding diaryl/α,β-unsaturated/α-hetero) is 1. The van der Waals surface area contributed by atoms with E-state index in [1.54, 1.807) is 6.33 Å². The molecule has 0 N–H and O–H groups in total. The van der Waals surface area contributed by atoms with Crippen LogP contribution in [0.2, 0.25) is 0 Å². The molecule has 2 aromatic carbocycles. The van der Waals surface area contributed by atoms with Crippen LogP contribution in [0.5, 0.6) is 5.75 Å². The molecule has 29 heavy (non-hydrogen) atoms. The summed E-state index contributed by atoms with van der Waals surface area (Å²) in [5.74, 6) is 2.01. The van der Waals surface area contributed by atoms with Crippen LogP contribution in [-0.2, 0) is 4.79 Å². The number of benzene rings is 2. The van der Waals surface area contributed by atoms with Gasteiger partial charge < -0.3 is 9.64 Å². The molecule has 146 valence electrons. The van der Waals surface area contributed by atoms with Gasteiger partial charge in [-0.1, -0.05) is 0 Å². The SMILES string of the molecule is CCOc1ccc2c(c1)ncn2-c1ccc2cc(N3CCC(=O)CC3)ccc2n1. The number of ketones is 1. The van der Waals surface area contributed by atoms with Crippen LogP contribution in [-0.4, -0.2) is 40.0 Å². The molecule has 0 bridgehead atoms. The van der Waals surface area contributed by atoms with Gasteiger partial charge in [0.2, 0.25) is 0 Å². The molecule has 1 saturated heterocycles. The van der Waals surface area contributed by atoms with Gasteiger partial charge in [0.1, 0.15) is 23.7 Å². The van der Waals surface area contributed by atoms with Crippen molar-refractivity contribution in [2.75, 3.05) is 24.6 Å². The Labute approximate surface area is 168 Å². The lowest BCUT2D eigenvalue weighted by molar-refractivity contribution is -0.119. The highest BCUT2D eigenvalue weighted by Gasteiger charge is 2.17. The Bertz CT molecular complexity index is 1200. The van der Waals surface area contributed by atoms with Crippen molar-refractivity contribution in [3.8, 4) is 11.6 Å². The number of piperidine rings is 1. The number of nitrogens with zero attached hydrogens (tertiary/aromatic N) is 4. The van der Waals surface area contributed by atoms with Crippen LogP contribution in [0, 0.1) is 0 Å². The maximum Gasteiger partial charge on any atom is 0.139 e. The van der Waals surface area contributed by atoms with Crippen molar-refractivity contribution in [1.29, 1.82) is 0 Å². The molecular weight excluding hydrogens is 364 g/mol. The van der Waals surface area contributed by atoms with Gasteiger partial charge in [-0.3, -0.25) is 9.36 Å². The molecule has 0 spiro atoms. The fourth-order valence-corrected chi connectivity index (χ4v) is 3.88. The second-order valence-corrected chi connectivity index (χ2v) is 7.27. The topological polar surface area (TPSA) is 60.2 Å². The molecule has 0 atom stereocenters. The van der Waals surface area contributed by atoms with Gasteiger partial charge in [-0.15, -0.1) is 0 Å². The number of imidazole rings is 1. The van der Waals surface area contributed by atoms with E-state index in [0.717, 1.165) is 52.3 Å². The van der Waals surface area contributed by atoms with Crippen LogP contribution in [0.25, 0.3) is 27.8 Å². The number of aromatic nitrogens is 3. The highest BCUT2D eigenvalue weighted by Crippen LogP contribution is 2.26. The predicted octanol–water partition coefficient (Wildman–Crippen LogP) is 4.14. The van der Waals surface area contributed by atoms with Gasteiger partial charge in [0.05, 0.1) is 23.2 Å². The first-order chi connectivity index (χ1) is 14.2. The normalized spacial score (nSPS) is 14.7. The molecular formula is C23H22N4O2. The summed E-state index contributed by atoms with van der Waals surface area (Å²) in [4.78, 5) is 23.1. The molecule has 0 aliphatic carbocycles. The molecule has 0 unspecified atom stereocenters. The predicted molar refractivity (Wildman–Crippen MR) is 114 cm³/mol. The van der Waals surface area contributed by atoms with Crippen LogP contribution in [0.4, 0.5) is 5.69 Å². The first kappa shape index (κ1) is 17.7. The number of carbonyl (C=O) groups is 1. The van der Waals surface area contributed by atoms with Gasteiger partial charge in [0.25, 0.3) is 0 Å². The van der Waals surface area contributed by atoms with Crippen LogP contribution >= 0.6 is 0 Å². The summed E-state index contributed by atoms with van der Waals surface area (Å²) in [6.07, 6.45) is 3.07. The Kier molecular flexibility index (Phi) is 4.39. The van der Waals surface area contributed by atoms with Crippen LogP contribution in [0.3, 0.4) is 0 Å². The highest BCUT2D eigenvalue weighted by atomic mass is 16.5. The Morgan fingerprint density at radius 1 is 1.00 bits per heavy atom. The first-order valence-electron chi connectivity index (χ1n) is 9.99. The quantitative estimate of drug-likeness (QED) is 0.527. The van der Waals surface area contributed by atoms with Gasteiger partial charge in [-0.2, -0.15) is 0 Å². The molecule has 5 rings (SSSR count). The van der Waals surface area contributed by atoms with Crippen molar-refractivity contribution in [2.24, 2.45) is 0 Å². The van der Waals surface area contributed by atoms with E-state index < -0.39 is 0 Å². The molecule has 1 aliphatic heterocycles. The van der Waals surface area contributed by atoms with Crippen LogP contribution < -0.4 is 9.64 Å². The van der Waals surface area contributed by atoms with Gasteiger partial charge in [-0.05, 0) is 49.4 Å². The number of ether oxygens (including phenoxy) is 1. The Morgan fingerprint density at radius 3 is 2.69 bits per heavy atom. The molecule has 6 nitrogen and oxygen atoms in total. The van der Waals surface area contributed by atoms with E-state index in [2.05, 4.69) is 34.1 Å². The second kappa shape index (κ2) is 7.20. The maximum absolute atomic E-state index is 11.5. The first-order valence-corrected chi connectivity index (χ1v) is 9.99. The van der Waals surface area contributed by atoms with E-state index in [1.165, 1.54) is 0 Å². The number of pyridine rings is 1. The molecule has 6 heteroatoms. The minimum atomic E-state index is 0.356. The van der Waals surface area contributed by atoms with E-state index in [-0.39, 0.29) is 0 Å². The summed E-state index contributed by atoms with van der Waals surface area (Å²) in [5, 5.41) is 1.09. The summed E-state index contributed by atoms with van der Waals surface area (Å²) in [6, 6.07) is 16.3. The number of hydrogen-bond acceptors (Lipinski definition) is 5. The minimum Gasteiger partial charge on any atom is -0.494 e. The van der Waals surface area contributed by atoms with Crippen molar-refractivity contribution in [1.82, 2.24) is 14.5 Å². The number of carbonyl (C=O) groups excluding carboxylic acids is 1. The molecule has 0 radical (unpaired) electrons. The zero-order valence-corrected chi connectivity index (χ0v) is 16.3. The summed E-state index contributed by atoms with van der Waals surface area (Å²) >= 11 is 0. The standard InChI is InChI=1S/C23H22N4O2/c1-2-29-19-5-7-22-21(14-19)24-15-27(22)23-8-3-16-13-17(4-6-20(16)25-23)26-11-9-18(28)10-12-26/h3-8,13-15H,2,9-12H2,1H3. The fraction of sp³-hybridized carbons (Fsp3) is 0.261. The fourth-order valence-electron chi connectivity index (χ4n) is 3.88. The van der Waals surface area contributed by atoms with Gasteiger partial charge >= 0.3 is 0 Å². The largest absolute Gasteiger partial charge is 0.494 e. The molecule has 0 saturated carbocycles. The summed E-state index contributed by atoms with van der Waals surface area (Å²) in [5.41, 5.74) is 3.96. The zero-order chi connectivity index (χ0) is 19.8. The summed E-state index contributed by atoms with van der Waals surface area (Å²) in [6.45, 7) is 4.19. The smallest absolute Gasteiger partial charge is 0.139 e. The summed E-state index contributed by atoms with van der Waals surface area (Å²) < 4.78 is 7.56. The van der Waals surface area contributed by atoms with Crippen LogP contribution in [0.1, 0.15) is 19.8 Å². The third kappa shape index (κ3) is 3.31. The molecule has 1 aliphatic rings. The third-order valence-corrected chi connectivity index (χ3v) is 5.42. The van der Waals surface area contributed by atoms with Crippen molar-refractivity contribution in [3.63, 3.8) is 0 Å². The number of fused-ring (bicyclic) bond motifs is 2. The van der Waals surface area contributed by atoms with E-state index in [9.17, 15) is 4.79 Å². The van der Waals surface area contributed by atoms with Crippen molar-refractivity contribution < 1.29 is 9.53 Å².